The van der Waals surface area contributed by atoms with Gasteiger partial charge in [-0.2, -0.15) is 0 Å². The van der Waals surface area contributed by atoms with Crippen LogP contribution in [0.1, 0.15) is 92.4 Å². The van der Waals surface area contributed by atoms with Crippen molar-refractivity contribution in [3.05, 3.63) is 11.6 Å². The van der Waals surface area contributed by atoms with Crippen molar-refractivity contribution < 1.29 is 35.0 Å². The van der Waals surface area contributed by atoms with Gasteiger partial charge < -0.3 is 35.0 Å². The van der Waals surface area contributed by atoms with E-state index in [4.69, 9.17) is 9.47 Å². The molecule has 0 aliphatic heterocycles. The van der Waals surface area contributed by atoms with Gasteiger partial charge in [0.2, 0.25) is 0 Å². The second-order valence-electron chi connectivity index (χ2n) is 12.2. The van der Waals surface area contributed by atoms with Crippen molar-refractivity contribution in [3.8, 4) is 0 Å². The van der Waals surface area contributed by atoms with Gasteiger partial charge in [-0.25, -0.2) is 0 Å². The zero-order valence-electron chi connectivity index (χ0n) is 24.6. The van der Waals surface area contributed by atoms with E-state index in [9.17, 15) is 25.5 Å². The van der Waals surface area contributed by atoms with Crippen LogP contribution >= 0.6 is 0 Å². The Kier molecular flexibility index (Phi) is 21.0. The highest BCUT2D eigenvalue weighted by molar-refractivity contribution is 4.98. The van der Waals surface area contributed by atoms with Gasteiger partial charge in [0.1, 0.15) is 0 Å². The third-order valence-electron chi connectivity index (χ3n) is 7.59. The number of rotatable bonds is 25. The van der Waals surface area contributed by atoms with Crippen LogP contribution in [-0.2, 0) is 9.47 Å². The number of allylic oxidation sites excluding steroid dienone is 1. The highest BCUT2D eigenvalue weighted by Gasteiger charge is 2.33. The van der Waals surface area contributed by atoms with E-state index in [0.29, 0.717) is 6.61 Å². The molecule has 0 aliphatic rings. The summed E-state index contributed by atoms with van der Waals surface area (Å²) in [5, 5.41) is 47.9. The van der Waals surface area contributed by atoms with Crippen LogP contribution in [0.25, 0.3) is 0 Å². The Balaban J connectivity index is 4.19. The molecule has 0 aliphatic carbocycles. The van der Waals surface area contributed by atoms with Crippen molar-refractivity contribution >= 4 is 0 Å². The topological polar surface area (TPSA) is 120 Å². The summed E-state index contributed by atoms with van der Waals surface area (Å²) in [4.78, 5) is 0. The van der Waals surface area contributed by atoms with Gasteiger partial charge in [-0.3, -0.25) is 0 Å². The minimum Gasteiger partial charge on any atom is -0.396 e. The normalized spacial score (nSPS) is 14.9. The van der Waals surface area contributed by atoms with Gasteiger partial charge >= 0.3 is 0 Å². The fourth-order valence-electron chi connectivity index (χ4n) is 4.33. The number of hydrogen-bond acceptors (Lipinski definition) is 7. The summed E-state index contributed by atoms with van der Waals surface area (Å²) in [5.41, 5.74) is -0.866. The molecule has 7 nitrogen and oxygen atoms in total. The van der Waals surface area contributed by atoms with Gasteiger partial charge in [0.15, 0.2) is 0 Å². The van der Waals surface area contributed by atoms with Gasteiger partial charge in [-0.1, -0.05) is 84.3 Å². The highest BCUT2D eigenvalue weighted by Crippen LogP contribution is 2.23. The quantitative estimate of drug-likeness (QED) is 0.0876. The van der Waals surface area contributed by atoms with Gasteiger partial charge in [-0.05, 0) is 37.5 Å². The van der Waals surface area contributed by atoms with E-state index in [1.165, 1.54) is 56.9 Å². The molecule has 222 valence electrons. The summed E-state index contributed by atoms with van der Waals surface area (Å²) >= 11 is 0. The van der Waals surface area contributed by atoms with Crippen LogP contribution in [0.5, 0.6) is 0 Å². The average Bonchev–Trinajstić information content (AvgIpc) is 2.88. The molecule has 5 N–H and O–H groups in total. The summed E-state index contributed by atoms with van der Waals surface area (Å²) in [7, 11) is 0. The van der Waals surface area contributed by atoms with Crippen LogP contribution in [0.15, 0.2) is 11.6 Å². The van der Waals surface area contributed by atoms with Crippen LogP contribution in [0.4, 0.5) is 0 Å². The van der Waals surface area contributed by atoms with E-state index in [1.54, 1.807) is 0 Å². The van der Waals surface area contributed by atoms with Crippen molar-refractivity contribution in [2.45, 2.75) is 92.4 Å². The lowest BCUT2D eigenvalue weighted by atomic mass is 9.90. The van der Waals surface area contributed by atoms with Gasteiger partial charge in [0.25, 0.3) is 0 Å². The molecule has 0 amide bonds. The van der Waals surface area contributed by atoms with E-state index in [0.717, 1.165) is 24.2 Å². The maximum atomic E-state index is 9.82. The molecule has 0 saturated heterocycles. The molecule has 7 heteroatoms. The molecule has 0 heterocycles. The summed E-state index contributed by atoms with van der Waals surface area (Å²) in [6.07, 6.45) is 13.5. The largest absolute Gasteiger partial charge is 0.396 e. The van der Waals surface area contributed by atoms with Crippen molar-refractivity contribution in [1.29, 1.82) is 0 Å². The maximum Gasteiger partial charge on any atom is 0.0650 e. The fraction of sp³-hybridized carbons (Fsp3) is 0.933. The van der Waals surface area contributed by atoms with Crippen molar-refractivity contribution in [2.24, 2.45) is 28.6 Å². The Labute approximate surface area is 227 Å². The molecule has 0 fully saturated rings. The lowest BCUT2D eigenvalue weighted by molar-refractivity contribution is -0.109. The smallest absolute Gasteiger partial charge is 0.0650 e. The predicted octanol–water partition coefficient (Wildman–Crippen LogP) is 4.34. The van der Waals surface area contributed by atoms with Crippen LogP contribution in [0, 0.1) is 28.6 Å². The Bertz CT molecular complexity index is 548. The lowest BCUT2D eigenvalue weighted by Gasteiger charge is -2.32. The van der Waals surface area contributed by atoms with Crippen molar-refractivity contribution in [2.75, 3.05) is 59.5 Å². The molecule has 0 bridgehead atoms. The fourth-order valence-corrected chi connectivity index (χ4v) is 4.33. The molecular weight excluding hydrogens is 472 g/mol. The lowest BCUT2D eigenvalue weighted by Crippen LogP contribution is -2.43. The zero-order chi connectivity index (χ0) is 28.2. The molecule has 0 spiro atoms. The minimum absolute atomic E-state index is 0.0148. The first-order valence-corrected chi connectivity index (χ1v) is 14.5. The second-order valence-corrected chi connectivity index (χ2v) is 12.2. The number of hydrogen-bond donors (Lipinski definition) is 5. The van der Waals surface area contributed by atoms with E-state index < -0.39 is 30.7 Å². The number of aliphatic hydroxyl groups excluding tert-OH is 5. The summed E-state index contributed by atoms with van der Waals surface area (Å²) in [5.74, 6) is 2.41. The van der Waals surface area contributed by atoms with Crippen LogP contribution in [0.3, 0.4) is 0 Å². The highest BCUT2D eigenvalue weighted by atomic mass is 16.5. The monoisotopic (exact) mass is 532 g/mol. The zero-order valence-corrected chi connectivity index (χ0v) is 24.6. The molecule has 0 aromatic heterocycles. The van der Waals surface area contributed by atoms with Gasteiger partial charge in [0.05, 0.1) is 70.3 Å². The SMILES string of the molecule is CC(=CCOCC(CO)(CO)COCC(CO)(CO)CO)CCCC(C)CCCC(C)CCCC(C)C. The summed E-state index contributed by atoms with van der Waals surface area (Å²) < 4.78 is 11.3. The Morgan fingerprint density at radius 1 is 0.622 bits per heavy atom. The van der Waals surface area contributed by atoms with Crippen molar-refractivity contribution in [1.82, 2.24) is 0 Å². The van der Waals surface area contributed by atoms with Gasteiger partial charge in [-0.15, -0.1) is 0 Å². The molecule has 0 saturated carbocycles. The molecule has 2 unspecified atom stereocenters. The Hall–Kier alpha value is -0.540. The van der Waals surface area contributed by atoms with E-state index >= 15 is 0 Å². The van der Waals surface area contributed by atoms with Crippen LogP contribution in [-0.4, -0.2) is 85.0 Å². The summed E-state index contributed by atoms with van der Waals surface area (Å²) in [6.45, 7) is 9.94. The number of ether oxygens (including phenoxy) is 2. The summed E-state index contributed by atoms with van der Waals surface area (Å²) in [6, 6.07) is 0. The third-order valence-corrected chi connectivity index (χ3v) is 7.59. The average molecular weight is 533 g/mol. The molecule has 37 heavy (non-hydrogen) atoms. The van der Waals surface area contributed by atoms with E-state index in [-0.39, 0.29) is 33.0 Å². The molecule has 0 rings (SSSR count). The standard InChI is InChI=1S/C30H60O7/c1-25(2)9-6-10-26(3)11-7-12-27(4)13-8-14-28(5)15-16-36-23-30(20-34,21-35)24-37-22-29(17-31,18-32)19-33/h15,25-27,31-35H,6-14,16-24H2,1-5H3. The van der Waals surface area contributed by atoms with E-state index in [1.807, 2.05) is 0 Å². The third kappa shape index (κ3) is 16.9. The first-order chi connectivity index (χ1) is 17.6. The maximum absolute atomic E-state index is 9.82. The van der Waals surface area contributed by atoms with Crippen LogP contribution in [0.2, 0.25) is 0 Å². The first kappa shape index (κ1) is 36.5. The molecule has 2 atom stereocenters. The molecule has 0 aromatic carbocycles. The Morgan fingerprint density at radius 2 is 1.05 bits per heavy atom. The Morgan fingerprint density at radius 3 is 1.54 bits per heavy atom. The minimum atomic E-state index is -1.15. The van der Waals surface area contributed by atoms with Gasteiger partial charge in [0, 0.05) is 0 Å². The molecular formula is C30H60O7. The first-order valence-electron chi connectivity index (χ1n) is 14.5. The molecule has 0 radical (unpaired) electrons. The molecule has 0 aromatic rings. The van der Waals surface area contributed by atoms with Crippen molar-refractivity contribution in [3.63, 3.8) is 0 Å². The van der Waals surface area contributed by atoms with Crippen LogP contribution < -0.4 is 0 Å². The number of aliphatic hydroxyl groups is 5. The van der Waals surface area contributed by atoms with E-state index in [2.05, 4.69) is 40.7 Å². The second kappa shape index (κ2) is 21.3. The predicted molar refractivity (Wildman–Crippen MR) is 150 cm³/mol.